The number of fused-ring (bicyclic) bond motifs is 1. The van der Waals surface area contributed by atoms with Gasteiger partial charge in [-0.2, -0.15) is 0 Å². The van der Waals surface area contributed by atoms with Crippen molar-refractivity contribution in [2.24, 2.45) is 0 Å². The van der Waals surface area contributed by atoms with Crippen LogP contribution >= 0.6 is 0 Å². The number of carbonyl (C=O) groups is 1. The minimum absolute atomic E-state index is 0.00775. The molecule has 1 amide bonds. The molecular weight excluding hydrogens is 448 g/mol. The largest absolute Gasteiger partial charge is 0.493 e. The SMILES string of the molecule is COc1cc2c(Oc3ccc(NC(=O)Cn4cc(C(C)C)nn4)cc3)ncnc2cc1OC(C)C. The van der Waals surface area contributed by atoms with E-state index in [-0.39, 0.29) is 24.5 Å². The van der Waals surface area contributed by atoms with Gasteiger partial charge in [0.2, 0.25) is 11.8 Å². The predicted octanol–water partition coefficient (Wildman–Crippen LogP) is 4.57. The standard InChI is InChI=1S/C25H28N6O4/c1-15(2)21-12-31(30-29-21)13-24(32)28-17-6-8-18(9-7-17)35-25-19-10-22(33-5)23(34-16(3)4)11-20(19)26-14-27-25/h6-12,14-16H,13H2,1-5H3,(H,28,32). The Morgan fingerprint density at radius 3 is 2.49 bits per heavy atom. The lowest BCUT2D eigenvalue weighted by Gasteiger charge is -2.15. The minimum Gasteiger partial charge on any atom is -0.493 e. The van der Waals surface area contributed by atoms with Gasteiger partial charge in [-0.3, -0.25) is 4.79 Å². The Morgan fingerprint density at radius 1 is 1.06 bits per heavy atom. The predicted molar refractivity (Wildman–Crippen MR) is 131 cm³/mol. The first-order chi connectivity index (χ1) is 16.8. The van der Waals surface area contributed by atoms with Crippen LogP contribution in [0, 0.1) is 0 Å². The van der Waals surface area contributed by atoms with E-state index >= 15 is 0 Å². The van der Waals surface area contributed by atoms with E-state index in [1.54, 1.807) is 49.7 Å². The van der Waals surface area contributed by atoms with Crippen LogP contribution in [0.1, 0.15) is 39.3 Å². The Hall–Kier alpha value is -4.21. The zero-order valence-electron chi connectivity index (χ0n) is 20.3. The zero-order valence-corrected chi connectivity index (χ0v) is 20.3. The van der Waals surface area contributed by atoms with E-state index in [1.165, 1.54) is 11.0 Å². The second kappa shape index (κ2) is 10.4. The third-order valence-electron chi connectivity index (χ3n) is 5.05. The molecule has 2 aromatic heterocycles. The van der Waals surface area contributed by atoms with Gasteiger partial charge < -0.3 is 19.5 Å². The Labute approximate surface area is 203 Å². The molecule has 4 rings (SSSR count). The molecule has 0 saturated carbocycles. The maximum absolute atomic E-state index is 12.4. The number of nitrogens with one attached hydrogen (secondary N) is 1. The molecule has 2 heterocycles. The first-order valence-electron chi connectivity index (χ1n) is 11.3. The first kappa shape index (κ1) is 23.9. The molecule has 10 heteroatoms. The maximum atomic E-state index is 12.4. The molecule has 0 aliphatic heterocycles. The van der Waals surface area contributed by atoms with E-state index in [4.69, 9.17) is 14.2 Å². The van der Waals surface area contributed by atoms with Crippen molar-refractivity contribution >= 4 is 22.5 Å². The van der Waals surface area contributed by atoms with Crippen molar-refractivity contribution in [2.45, 2.75) is 46.3 Å². The highest BCUT2D eigenvalue weighted by Crippen LogP contribution is 2.36. The zero-order chi connectivity index (χ0) is 24.9. The highest BCUT2D eigenvalue weighted by atomic mass is 16.5. The number of benzene rings is 2. The molecule has 0 aliphatic carbocycles. The monoisotopic (exact) mass is 476 g/mol. The minimum atomic E-state index is -0.202. The number of ether oxygens (including phenoxy) is 3. The topological polar surface area (TPSA) is 113 Å². The molecule has 0 saturated heterocycles. The molecule has 0 aliphatic rings. The van der Waals surface area contributed by atoms with Gasteiger partial charge in [-0.25, -0.2) is 14.6 Å². The summed E-state index contributed by atoms with van der Waals surface area (Å²) in [5.74, 6) is 2.16. The summed E-state index contributed by atoms with van der Waals surface area (Å²) in [5.41, 5.74) is 2.15. The lowest BCUT2D eigenvalue weighted by atomic mass is 10.2. The molecular formula is C25H28N6O4. The summed E-state index contributed by atoms with van der Waals surface area (Å²) in [4.78, 5) is 21.0. The summed E-state index contributed by atoms with van der Waals surface area (Å²) in [6.07, 6.45) is 3.21. The summed E-state index contributed by atoms with van der Waals surface area (Å²) in [5, 5.41) is 11.6. The number of methoxy groups -OCH3 is 1. The highest BCUT2D eigenvalue weighted by molar-refractivity contribution is 5.90. The normalized spacial score (nSPS) is 11.2. The summed E-state index contributed by atoms with van der Waals surface area (Å²) in [6, 6.07) is 10.6. The Bertz CT molecular complexity index is 1320. The van der Waals surface area contributed by atoms with Crippen molar-refractivity contribution in [1.29, 1.82) is 0 Å². The molecule has 0 spiro atoms. The fraction of sp³-hybridized carbons (Fsp3) is 0.320. The van der Waals surface area contributed by atoms with Crippen LogP contribution in [0.5, 0.6) is 23.1 Å². The van der Waals surface area contributed by atoms with Crippen molar-refractivity contribution < 1.29 is 19.0 Å². The van der Waals surface area contributed by atoms with Gasteiger partial charge in [-0.1, -0.05) is 19.1 Å². The van der Waals surface area contributed by atoms with Crippen LogP contribution in [0.15, 0.2) is 48.9 Å². The number of carbonyl (C=O) groups excluding carboxylic acids is 1. The first-order valence-corrected chi connectivity index (χ1v) is 11.3. The van der Waals surface area contributed by atoms with Gasteiger partial charge >= 0.3 is 0 Å². The van der Waals surface area contributed by atoms with E-state index in [1.807, 2.05) is 27.7 Å². The van der Waals surface area contributed by atoms with Crippen molar-refractivity contribution in [3.63, 3.8) is 0 Å². The summed E-state index contributed by atoms with van der Waals surface area (Å²) in [7, 11) is 1.58. The maximum Gasteiger partial charge on any atom is 0.246 e. The van der Waals surface area contributed by atoms with Gasteiger partial charge in [0.1, 0.15) is 18.6 Å². The van der Waals surface area contributed by atoms with Gasteiger partial charge in [0.15, 0.2) is 11.5 Å². The Morgan fingerprint density at radius 2 is 1.83 bits per heavy atom. The van der Waals surface area contributed by atoms with Crippen LogP contribution in [0.25, 0.3) is 10.9 Å². The molecule has 0 fully saturated rings. The van der Waals surface area contributed by atoms with Gasteiger partial charge in [-0.15, -0.1) is 5.10 Å². The Kier molecular flexibility index (Phi) is 7.09. The van der Waals surface area contributed by atoms with Gasteiger partial charge in [0.25, 0.3) is 0 Å². The van der Waals surface area contributed by atoms with Gasteiger partial charge in [-0.05, 0) is 50.1 Å². The van der Waals surface area contributed by atoms with Crippen LogP contribution < -0.4 is 19.5 Å². The van der Waals surface area contributed by atoms with Crippen LogP contribution in [0.3, 0.4) is 0 Å². The molecule has 1 N–H and O–H groups in total. The number of aromatic nitrogens is 5. The fourth-order valence-corrected chi connectivity index (χ4v) is 3.35. The number of amides is 1. The second-order valence-corrected chi connectivity index (χ2v) is 8.54. The van der Waals surface area contributed by atoms with Gasteiger partial charge in [0.05, 0.1) is 29.8 Å². The second-order valence-electron chi connectivity index (χ2n) is 8.54. The van der Waals surface area contributed by atoms with Crippen LogP contribution in [0.2, 0.25) is 0 Å². The molecule has 0 radical (unpaired) electrons. The van der Waals surface area contributed by atoms with Crippen LogP contribution in [-0.2, 0) is 11.3 Å². The lowest BCUT2D eigenvalue weighted by molar-refractivity contribution is -0.116. The number of rotatable bonds is 9. The average Bonchev–Trinajstić information content (AvgIpc) is 3.28. The van der Waals surface area contributed by atoms with Crippen LogP contribution in [-0.4, -0.2) is 44.1 Å². The highest BCUT2D eigenvalue weighted by Gasteiger charge is 2.14. The number of nitrogens with zero attached hydrogens (tertiary/aromatic N) is 5. The summed E-state index contributed by atoms with van der Waals surface area (Å²) in [6.45, 7) is 8.02. The van der Waals surface area contributed by atoms with Crippen molar-refractivity contribution in [2.75, 3.05) is 12.4 Å². The molecule has 10 nitrogen and oxygen atoms in total. The van der Waals surface area contributed by atoms with Crippen LogP contribution in [0.4, 0.5) is 5.69 Å². The van der Waals surface area contributed by atoms with Crippen molar-refractivity contribution in [3.05, 3.63) is 54.6 Å². The van der Waals surface area contributed by atoms with E-state index in [0.29, 0.717) is 39.7 Å². The number of hydrogen-bond acceptors (Lipinski definition) is 8. The Balaban J connectivity index is 1.46. The lowest BCUT2D eigenvalue weighted by Crippen LogP contribution is -2.19. The fourth-order valence-electron chi connectivity index (χ4n) is 3.35. The third kappa shape index (κ3) is 5.84. The smallest absolute Gasteiger partial charge is 0.246 e. The molecule has 0 unspecified atom stereocenters. The molecule has 2 aromatic carbocycles. The quantitative estimate of drug-likeness (QED) is 0.374. The van der Waals surface area contributed by atoms with E-state index in [2.05, 4.69) is 25.6 Å². The summed E-state index contributed by atoms with van der Waals surface area (Å²) < 4.78 is 18.8. The van der Waals surface area contributed by atoms with E-state index in [9.17, 15) is 4.79 Å². The average molecular weight is 477 g/mol. The van der Waals surface area contributed by atoms with E-state index < -0.39 is 0 Å². The molecule has 35 heavy (non-hydrogen) atoms. The van der Waals surface area contributed by atoms with Crippen molar-refractivity contribution in [1.82, 2.24) is 25.0 Å². The van der Waals surface area contributed by atoms with Gasteiger partial charge in [0, 0.05) is 18.0 Å². The van der Waals surface area contributed by atoms with E-state index in [0.717, 1.165) is 5.69 Å². The number of hydrogen-bond donors (Lipinski definition) is 1. The third-order valence-corrected chi connectivity index (χ3v) is 5.05. The number of anilines is 1. The van der Waals surface area contributed by atoms with Crippen molar-refractivity contribution in [3.8, 4) is 23.1 Å². The molecule has 0 atom stereocenters. The molecule has 182 valence electrons. The molecule has 4 aromatic rings. The summed E-state index contributed by atoms with van der Waals surface area (Å²) >= 11 is 0. The molecule has 0 bridgehead atoms.